The molecule has 0 unspecified atom stereocenters. The van der Waals surface area contributed by atoms with E-state index < -0.39 is 40.5 Å². The number of carbonyl (C=O) groups excluding carboxylic acids is 3. The summed E-state index contributed by atoms with van der Waals surface area (Å²) >= 11 is 0.762. The number of carbonyl (C=O) groups is 3. The van der Waals surface area contributed by atoms with E-state index in [1.165, 1.54) is 12.5 Å². The lowest BCUT2D eigenvalue weighted by Crippen LogP contribution is -2.44. The van der Waals surface area contributed by atoms with Gasteiger partial charge >= 0.3 is 11.9 Å². The molecule has 0 fully saturated rings. The Morgan fingerprint density at radius 2 is 1.89 bits per heavy atom. The Morgan fingerprint density at radius 3 is 2.46 bits per heavy atom. The van der Waals surface area contributed by atoms with E-state index >= 15 is 0 Å². The number of sulfonamides is 1. The summed E-state index contributed by atoms with van der Waals surface area (Å²) in [5.74, 6) is -2.24. The van der Waals surface area contributed by atoms with Crippen molar-refractivity contribution in [1.29, 1.82) is 0 Å². The highest BCUT2D eigenvalue weighted by Gasteiger charge is 2.23. The van der Waals surface area contributed by atoms with Gasteiger partial charge in [-0.2, -0.15) is 0 Å². The molecule has 9 nitrogen and oxygen atoms in total. The molecule has 1 amide bonds. The predicted molar refractivity (Wildman–Crippen MR) is 100 cm³/mol. The third-order valence-corrected chi connectivity index (χ3v) is 5.92. The Labute approximate surface area is 165 Å². The predicted octanol–water partition coefficient (Wildman–Crippen LogP) is 0.453. The summed E-state index contributed by atoms with van der Waals surface area (Å²) < 4.78 is 31.8. The van der Waals surface area contributed by atoms with Crippen LogP contribution in [0.4, 0.5) is 0 Å². The summed E-state index contributed by atoms with van der Waals surface area (Å²) in [7, 11) is -2.72. The zero-order valence-corrected chi connectivity index (χ0v) is 16.4. The fourth-order valence-corrected chi connectivity index (χ4v) is 3.78. The van der Waals surface area contributed by atoms with E-state index in [1.807, 2.05) is 6.07 Å². The van der Waals surface area contributed by atoms with Crippen molar-refractivity contribution in [3.63, 3.8) is 0 Å². The molecule has 1 heterocycles. The van der Waals surface area contributed by atoms with Crippen molar-refractivity contribution in [2.75, 3.05) is 13.7 Å². The maximum atomic E-state index is 12.1. The number of ether oxygens (including phenoxy) is 2. The van der Waals surface area contributed by atoms with Crippen LogP contribution in [0.3, 0.4) is 0 Å². The molecule has 1 aromatic carbocycles. The first-order chi connectivity index (χ1) is 13.2. The van der Waals surface area contributed by atoms with Crippen LogP contribution in [0.5, 0.6) is 0 Å². The monoisotopic (exact) mass is 426 g/mol. The quantitative estimate of drug-likeness (QED) is 0.584. The largest absolute Gasteiger partial charge is 0.467 e. The van der Waals surface area contributed by atoms with Crippen molar-refractivity contribution < 1.29 is 32.3 Å². The lowest BCUT2D eigenvalue weighted by Gasteiger charge is -2.16. The van der Waals surface area contributed by atoms with Crippen molar-refractivity contribution in [1.82, 2.24) is 5.32 Å². The van der Waals surface area contributed by atoms with Crippen molar-refractivity contribution in [3.05, 3.63) is 52.9 Å². The number of amides is 1. The summed E-state index contributed by atoms with van der Waals surface area (Å²) in [4.78, 5) is 35.9. The smallest absolute Gasteiger partial charge is 0.339 e. The second-order valence-electron chi connectivity index (χ2n) is 5.61. The Morgan fingerprint density at radius 1 is 1.21 bits per heavy atom. The molecule has 0 radical (unpaired) electrons. The molecule has 1 aromatic heterocycles. The van der Waals surface area contributed by atoms with Gasteiger partial charge in [-0.25, -0.2) is 23.1 Å². The molecule has 0 spiro atoms. The molecule has 1 atom stereocenters. The Bertz CT molecular complexity index is 955. The number of hydrogen-bond donors (Lipinski definition) is 2. The van der Waals surface area contributed by atoms with Crippen LogP contribution in [0.1, 0.15) is 15.9 Å². The van der Waals surface area contributed by atoms with E-state index in [0.29, 0.717) is 0 Å². The highest BCUT2D eigenvalue weighted by molar-refractivity contribution is 7.91. The average molecular weight is 426 g/mol. The number of hydrogen-bond acceptors (Lipinski definition) is 8. The third-order valence-electron chi connectivity index (χ3n) is 3.53. The van der Waals surface area contributed by atoms with Crippen LogP contribution >= 0.6 is 11.3 Å². The first kappa shape index (κ1) is 21.5. The summed E-state index contributed by atoms with van der Waals surface area (Å²) in [6.45, 7) is -0.651. The minimum atomic E-state index is -3.92. The normalized spacial score (nSPS) is 12.1. The van der Waals surface area contributed by atoms with Gasteiger partial charge in [-0.05, 0) is 11.6 Å². The van der Waals surface area contributed by atoms with Gasteiger partial charge in [-0.15, -0.1) is 11.3 Å². The van der Waals surface area contributed by atoms with Crippen LogP contribution in [0.15, 0.2) is 46.0 Å². The van der Waals surface area contributed by atoms with Crippen LogP contribution in [0.25, 0.3) is 0 Å². The molecule has 0 bridgehead atoms. The molecule has 0 aliphatic heterocycles. The fourth-order valence-electron chi connectivity index (χ4n) is 2.21. The molecule has 150 valence electrons. The van der Waals surface area contributed by atoms with Gasteiger partial charge in [0.2, 0.25) is 10.0 Å². The topological polar surface area (TPSA) is 142 Å². The van der Waals surface area contributed by atoms with Crippen LogP contribution < -0.4 is 10.5 Å². The number of thiophene rings is 1. The lowest BCUT2D eigenvalue weighted by atomic mass is 10.1. The molecule has 28 heavy (non-hydrogen) atoms. The summed E-state index contributed by atoms with van der Waals surface area (Å²) in [6, 6.07) is 9.11. The first-order valence-electron chi connectivity index (χ1n) is 7.90. The second-order valence-corrected chi connectivity index (χ2v) is 8.31. The number of esters is 2. The Hall–Kier alpha value is -2.76. The molecule has 3 N–H and O–H groups in total. The molecule has 0 saturated carbocycles. The van der Waals surface area contributed by atoms with Gasteiger partial charge in [0.05, 0.1) is 12.7 Å². The van der Waals surface area contributed by atoms with Crippen LogP contribution in [-0.4, -0.2) is 46.0 Å². The highest BCUT2D eigenvalue weighted by atomic mass is 32.2. The number of methoxy groups -OCH3 is 1. The van der Waals surface area contributed by atoms with Gasteiger partial charge in [0.25, 0.3) is 5.91 Å². The number of nitrogens with one attached hydrogen (secondary N) is 1. The molecular weight excluding hydrogens is 408 g/mol. The zero-order chi connectivity index (χ0) is 20.7. The van der Waals surface area contributed by atoms with Crippen LogP contribution in [-0.2, 0) is 35.5 Å². The van der Waals surface area contributed by atoms with Crippen molar-refractivity contribution >= 4 is 39.2 Å². The SMILES string of the molecule is COC(=O)[C@H](Cc1ccccc1)NC(=O)COC(=O)c1csc(S(N)(=O)=O)c1. The lowest BCUT2D eigenvalue weighted by molar-refractivity contribution is -0.145. The maximum absolute atomic E-state index is 12.1. The number of rotatable bonds is 8. The summed E-state index contributed by atoms with van der Waals surface area (Å²) in [6.07, 6.45) is 0.204. The number of benzene rings is 1. The van der Waals surface area contributed by atoms with Crippen molar-refractivity contribution in [2.24, 2.45) is 5.14 Å². The van der Waals surface area contributed by atoms with E-state index in [1.54, 1.807) is 24.3 Å². The molecule has 0 saturated heterocycles. The van der Waals surface area contributed by atoms with Gasteiger partial charge in [-0.3, -0.25) is 4.79 Å². The minimum absolute atomic E-state index is 0.0457. The highest BCUT2D eigenvalue weighted by Crippen LogP contribution is 2.19. The number of primary sulfonamides is 1. The van der Waals surface area contributed by atoms with E-state index in [9.17, 15) is 22.8 Å². The van der Waals surface area contributed by atoms with E-state index in [-0.39, 0.29) is 16.2 Å². The molecule has 0 aliphatic rings. The van der Waals surface area contributed by atoms with Gasteiger partial charge in [0, 0.05) is 11.8 Å². The molecule has 0 aliphatic carbocycles. The summed E-state index contributed by atoms with van der Waals surface area (Å²) in [5, 5.41) is 8.68. The van der Waals surface area contributed by atoms with E-state index in [0.717, 1.165) is 23.0 Å². The zero-order valence-electron chi connectivity index (χ0n) is 14.8. The fraction of sp³-hybridized carbons (Fsp3) is 0.235. The van der Waals surface area contributed by atoms with Crippen LogP contribution in [0, 0.1) is 0 Å². The van der Waals surface area contributed by atoms with Gasteiger partial charge in [0.1, 0.15) is 10.3 Å². The molecule has 11 heteroatoms. The van der Waals surface area contributed by atoms with Gasteiger partial charge in [-0.1, -0.05) is 30.3 Å². The Kier molecular flexibility index (Phi) is 7.26. The molecule has 2 rings (SSSR count). The van der Waals surface area contributed by atoms with Gasteiger partial charge < -0.3 is 14.8 Å². The number of nitrogens with two attached hydrogens (primary N) is 1. The molecule has 2 aromatic rings. The maximum Gasteiger partial charge on any atom is 0.339 e. The second kappa shape index (κ2) is 9.44. The Balaban J connectivity index is 1.94. The van der Waals surface area contributed by atoms with E-state index in [4.69, 9.17) is 9.88 Å². The molecular formula is C17H18N2O7S2. The van der Waals surface area contributed by atoms with Crippen molar-refractivity contribution in [3.8, 4) is 0 Å². The van der Waals surface area contributed by atoms with E-state index in [2.05, 4.69) is 10.1 Å². The van der Waals surface area contributed by atoms with Crippen LogP contribution in [0.2, 0.25) is 0 Å². The first-order valence-corrected chi connectivity index (χ1v) is 10.3. The van der Waals surface area contributed by atoms with Gasteiger partial charge in [0.15, 0.2) is 6.61 Å². The average Bonchev–Trinajstić information content (AvgIpc) is 3.16. The standard InChI is InChI=1S/C17H18N2O7S2/c1-25-17(22)13(7-11-5-3-2-4-6-11)19-14(20)9-26-16(21)12-8-15(27-10-12)28(18,23)24/h2-6,8,10,13H,7,9H2,1H3,(H,19,20)(H2,18,23,24)/t13-/m0/s1. The van der Waals surface area contributed by atoms with Crippen molar-refractivity contribution in [2.45, 2.75) is 16.7 Å². The minimum Gasteiger partial charge on any atom is -0.467 e. The third kappa shape index (κ3) is 6.15. The summed E-state index contributed by atoms with van der Waals surface area (Å²) in [5.41, 5.74) is 0.764.